The van der Waals surface area contributed by atoms with E-state index >= 15 is 0 Å². The van der Waals surface area contributed by atoms with Crippen LogP contribution in [0.25, 0.3) is 11.1 Å². The lowest BCUT2D eigenvalue weighted by Crippen LogP contribution is -2.52. The Morgan fingerprint density at radius 3 is 1.98 bits per heavy atom. The number of nitrogens with zero attached hydrogens (tertiary/aromatic N) is 4. The first-order valence-electron chi connectivity index (χ1n) is 19.5. The molecule has 3 atom stereocenters. The standard InChI is InChI=1S/C42H62N10/c1-2-3-4-5-21-42-29-35(33-16-7-12-31(27-33)14-9-23-50-40(45)46)18-20-37(42)36-19-17-34(28-38(36)52(42)25-10-24-51-41(47)48)32-15-6-11-30(26-32)13-8-22-49-39(43)44/h6-7,11-12,15-17,19,26-28,35,37H,2-5,8-10,13-14,18,20-25,29H2,1H3,(H4,43,44,49)(H4,45,46,50)(H4,47,48,51). The fourth-order valence-corrected chi connectivity index (χ4v) is 8.77. The second-order valence-corrected chi connectivity index (χ2v) is 14.8. The Morgan fingerprint density at radius 2 is 1.31 bits per heavy atom. The molecule has 1 saturated carbocycles. The zero-order valence-corrected chi connectivity index (χ0v) is 31.3. The number of unbranched alkanes of at least 4 members (excludes halogenated alkanes) is 3. The number of hydrogen-bond donors (Lipinski definition) is 6. The van der Waals surface area contributed by atoms with Crippen molar-refractivity contribution in [2.24, 2.45) is 49.4 Å². The summed E-state index contributed by atoms with van der Waals surface area (Å²) in [6.07, 6.45) is 14.3. The van der Waals surface area contributed by atoms with Crippen molar-refractivity contribution < 1.29 is 0 Å². The molecule has 0 bridgehead atoms. The van der Waals surface area contributed by atoms with Crippen LogP contribution in [0, 0.1) is 0 Å². The zero-order chi connectivity index (χ0) is 36.9. The van der Waals surface area contributed by atoms with Gasteiger partial charge in [-0.15, -0.1) is 0 Å². The molecule has 1 aliphatic carbocycles. The third-order valence-corrected chi connectivity index (χ3v) is 11.1. The molecule has 3 aromatic carbocycles. The Bertz CT molecular complexity index is 1690. The van der Waals surface area contributed by atoms with Crippen LogP contribution in [0.4, 0.5) is 5.69 Å². The SMILES string of the molecule is CCCCCCC12CC(c3cccc(CCCN=C(N)N)c3)CCC1c1ccc(-c3cccc(CCCN=C(N)N)c3)cc1N2CCCN=C(N)N. The van der Waals surface area contributed by atoms with Crippen LogP contribution in [0.2, 0.25) is 0 Å². The van der Waals surface area contributed by atoms with Crippen LogP contribution in [0.1, 0.15) is 112 Å². The highest BCUT2D eigenvalue weighted by Crippen LogP contribution is 2.60. The molecule has 0 aromatic heterocycles. The van der Waals surface area contributed by atoms with E-state index in [0.29, 0.717) is 31.5 Å². The molecule has 1 aliphatic heterocycles. The second kappa shape index (κ2) is 18.7. The molecule has 12 N–H and O–H groups in total. The first-order valence-corrected chi connectivity index (χ1v) is 19.5. The van der Waals surface area contributed by atoms with E-state index in [1.807, 2.05) is 0 Å². The number of aryl methyl sites for hydroxylation is 2. The van der Waals surface area contributed by atoms with Gasteiger partial charge in [-0.05, 0) is 103 Å². The lowest BCUT2D eigenvalue weighted by atomic mass is 9.64. The lowest BCUT2D eigenvalue weighted by molar-refractivity contribution is 0.208. The number of aliphatic imine (C=N–C) groups is 3. The van der Waals surface area contributed by atoms with E-state index in [-0.39, 0.29) is 23.4 Å². The van der Waals surface area contributed by atoms with E-state index < -0.39 is 0 Å². The van der Waals surface area contributed by atoms with Gasteiger partial charge in [-0.1, -0.05) is 93.3 Å². The van der Waals surface area contributed by atoms with E-state index in [9.17, 15) is 0 Å². The average molecular weight is 707 g/mol. The maximum atomic E-state index is 5.76. The topological polar surface area (TPSA) is 196 Å². The molecule has 1 fully saturated rings. The van der Waals surface area contributed by atoms with Crippen molar-refractivity contribution in [1.29, 1.82) is 0 Å². The van der Waals surface area contributed by atoms with Crippen LogP contribution in [0.3, 0.4) is 0 Å². The number of guanidine groups is 3. The number of anilines is 1. The Balaban J connectivity index is 1.47. The van der Waals surface area contributed by atoms with Crippen LogP contribution in [-0.2, 0) is 12.8 Å². The Hall–Kier alpha value is -4.73. The quantitative estimate of drug-likeness (QED) is 0.0499. The molecular weight excluding hydrogens is 645 g/mol. The Labute approximate surface area is 311 Å². The molecule has 52 heavy (non-hydrogen) atoms. The average Bonchev–Trinajstić information content (AvgIpc) is 3.40. The van der Waals surface area contributed by atoms with E-state index in [1.54, 1.807) is 0 Å². The van der Waals surface area contributed by atoms with Crippen LogP contribution in [0.15, 0.2) is 81.7 Å². The van der Waals surface area contributed by atoms with Crippen molar-refractivity contribution in [3.63, 3.8) is 0 Å². The second-order valence-electron chi connectivity index (χ2n) is 14.8. The molecule has 3 unspecified atom stereocenters. The molecule has 10 heteroatoms. The first-order chi connectivity index (χ1) is 25.2. The van der Waals surface area contributed by atoms with Crippen molar-refractivity contribution in [1.82, 2.24) is 0 Å². The predicted molar refractivity (Wildman–Crippen MR) is 220 cm³/mol. The largest absolute Gasteiger partial charge is 0.370 e. The fourth-order valence-electron chi connectivity index (χ4n) is 8.77. The molecule has 2 aliphatic rings. The summed E-state index contributed by atoms with van der Waals surface area (Å²) < 4.78 is 0. The smallest absolute Gasteiger partial charge is 0.185 e. The van der Waals surface area contributed by atoms with E-state index in [2.05, 4.69) is 93.5 Å². The number of fused-ring (bicyclic) bond motifs is 3. The minimum Gasteiger partial charge on any atom is -0.370 e. The molecule has 0 spiro atoms. The first kappa shape index (κ1) is 38.5. The third kappa shape index (κ3) is 9.98. The van der Waals surface area contributed by atoms with Gasteiger partial charge < -0.3 is 39.3 Å². The third-order valence-electron chi connectivity index (χ3n) is 11.1. The fraction of sp³-hybridized carbons (Fsp3) is 0.500. The maximum Gasteiger partial charge on any atom is 0.185 e. The van der Waals surface area contributed by atoms with E-state index in [4.69, 9.17) is 34.4 Å². The monoisotopic (exact) mass is 707 g/mol. The molecule has 0 saturated heterocycles. The summed E-state index contributed by atoms with van der Waals surface area (Å²) in [7, 11) is 0. The van der Waals surface area contributed by atoms with Crippen LogP contribution in [0.5, 0.6) is 0 Å². The lowest BCUT2D eigenvalue weighted by Gasteiger charge is -2.50. The molecule has 0 amide bonds. The minimum absolute atomic E-state index is 0.0339. The molecule has 3 aromatic rings. The highest BCUT2D eigenvalue weighted by atomic mass is 15.2. The Kier molecular flexibility index (Phi) is 13.8. The highest BCUT2D eigenvalue weighted by molar-refractivity contribution is 5.77. The van der Waals surface area contributed by atoms with Gasteiger partial charge in [0.1, 0.15) is 0 Å². The van der Waals surface area contributed by atoms with Gasteiger partial charge in [0.05, 0.1) is 0 Å². The van der Waals surface area contributed by atoms with Crippen molar-refractivity contribution in [3.8, 4) is 11.1 Å². The van der Waals surface area contributed by atoms with Gasteiger partial charge in [-0.3, -0.25) is 15.0 Å². The van der Waals surface area contributed by atoms with Gasteiger partial charge in [0, 0.05) is 43.3 Å². The molecular formula is C42H62N10. The summed E-state index contributed by atoms with van der Waals surface area (Å²) >= 11 is 0. The summed E-state index contributed by atoms with van der Waals surface area (Å²) in [6, 6.07) is 25.4. The van der Waals surface area contributed by atoms with Crippen molar-refractivity contribution in [2.75, 3.05) is 31.1 Å². The summed E-state index contributed by atoms with van der Waals surface area (Å²) in [5, 5.41) is 0. The molecule has 5 rings (SSSR count). The summed E-state index contributed by atoms with van der Waals surface area (Å²) in [6.45, 7) is 5.12. The maximum absolute atomic E-state index is 5.76. The number of rotatable bonds is 19. The van der Waals surface area contributed by atoms with Crippen LogP contribution >= 0.6 is 0 Å². The van der Waals surface area contributed by atoms with Gasteiger partial charge >= 0.3 is 0 Å². The van der Waals surface area contributed by atoms with Crippen LogP contribution < -0.4 is 39.3 Å². The summed E-state index contributed by atoms with van der Waals surface area (Å²) in [5.74, 6) is 1.44. The van der Waals surface area contributed by atoms with Crippen molar-refractivity contribution in [2.45, 2.75) is 108 Å². The van der Waals surface area contributed by atoms with Gasteiger partial charge in [-0.25, -0.2) is 0 Å². The summed E-state index contributed by atoms with van der Waals surface area (Å²) in [4.78, 5) is 15.5. The highest BCUT2D eigenvalue weighted by Gasteiger charge is 2.53. The van der Waals surface area contributed by atoms with E-state index in [0.717, 1.165) is 45.1 Å². The molecule has 280 valence electrons. The van der Waals surface area contributed by atoms with Gasteiger partial charge in [0.2, 0.25) is 0 Å². The normalized spacial score (nSPS) is 19.1. The van der Waals surface area contributed by atoms with Gasteiger partial charge in [0.25, 0.3) is 0 Å². The zero-order valence-electron chi connectivity index (χ0n) is 31.3. The Morgan fingerprint density at radius 1 is 0.673 bits per heavy atom. The minimum atomic E-state index is 0.0339. The predicted octanol–water partition coefficient (Wildman–Crippen LogP) is 6.01. The number of hydrogen-bond acceptors (Lipinski definition) is 4. The number of benzene rings is 3. The van der Waals surface area contributed by atoms with Crippen molar-refractivity contribution >= 4 is 23.6 Å². The van der Waals surface area contributed by atoms with Crippen LogP contribution in [-0.4, -0.2) is 49.6 Å². The molecule has 10 nitrogen and oxygen atoms in total. The molecule has 1 heterocycles. The molecule has 0 radical (unpaired) electrons. The van der Waals surface area contributed by atoms with Gasteiger partial charge in [0.15, 0.2) is 17.9 Å². The van der Waals surface area contributed by atoms with Crippen molar-refractivity contribution in [3.05, 3.63) is 89.0 Å². The van der Waals surface area contributed by atoms with E-state index in [1.165, 1.54) is 84.0 Å². The number of nitrogens with two attached hydrogens (primary N) is 6. The van der Waals surface area contributed by atoms with Gasteiger partial charge in [-0.2, -0.15) is 0 Å². The summed E-state index contributed by atoms with van der Waals surface area (Å²) in [5.41, 5.74) is 43.2.